The zero-order valence-corrected chi connectivity index (χ0v) is 10.8. The van der Waals surface area contributed by atoms with Crippen molar-refractivity contribution in [3.8, 4) is 6.07 Å². The van der Waals surface area contributed by atoms with Gasteiger partial charge in [-0.15, -0.1) is 0 Å². The van der Waals surface area contributed by atoms with Gasteiger partial charge >= 0.3 is 0 Å². The number of carbonyl (C=O) groups excluding carboxylic acids is 2. The topological polar surface area (TPSA) is 87.2 Å². The number of thioether (sulfide) groups is 1. The summed E-state index contributed by atoms with van der Waals surface area (Å²) in [5.41, 5.74) is 0.736. The van der Waals surface area contributed by atoms with Gasteiger partial charge in [0.15, 0.2) is 5.12 Å². The molecule has 0 spiro atoms. The second-order valence-corrected chi connectivity index (χ2v) is 5.48. The molecule has 1 amide bonds. The molecule has 1 aromatic heterocycles. The minimum atomic E-state index is -0.151. The molecule has 1 atom stereocenters. The Morgan fingerprint density at radius 3 is 3.00 bits per heavy atom. The number of nitrogens with zero attached hydrogens (tertiary/aromatic N) is 3. The number of amides is 1. The van der Waals surface area contributed by atoms with Crippen LogP contribution in [0.4, 0.5) is 5.88 Å². The van der Waals surface area contributed by atoms with E-state index in [2.05, 4.69) is 5.16 Å². The molecule has 1 aliphatic rings. The average molecular weight is 265 g/mol. The number of carbonyl (C=O) groups is 2. The Morgan fingerprint density at radius 2 is 2.39 bits per heavy atom. The van der Waals surface area contributed by atoms with E-state index >= 15 is 0 Å². The lowest BCUT2D eigenvalue weighted by molar-refractivity contribution is -0.117. The highest BCUT2D eigenvalue weighted by atomic mass is 32.2. The van der Waals surface area contributed by atoms with Gasteiger partial charge in [-0.2, -0.15) is 5.26 Å². The van der Waals surface area contributed by atoms with Crippen molar-refractivity contribution in [2.75, 3.05) is 11.4 Å². The molecule has 94 valence electrons. The quantitative estimate of drug-likeness (QED) is 0.799. The van der Waals surface area contributed by atoms with Crippen molar-refractivity contribution in [3.63, 3.8) is 0 Å². The minimum absolute atomic E-state index is 0.0242. The lowest BCUT2D eigenvalue weighted by atomic mass is 10.2. The van der Waals surface area contributed by atoms with E-state index in [9.17, 15) is 9.59 Å². The van der Waals surface area contributed by atoms with Gasteiger partial charge in [0.1, 0.15) is 17.3 Å². The van der Waals surface area contributed by atoms with Crippen molar-refractivity contribution >= 4 is 28.7 Å². The molecule has 1 saturated heterocycles. The van der Waals surface area contributed by atoms with Crippen LogP contribution in [-0.4, -0.2) is 28.0 Å². The van der Waals surface area contributed by atoms with Crippen LogP contribution in [0.5, 0.6) is 0 Å². The van der Waals surface area contributed by atoms with Gasteiger partial charge in [0, 0.05) is 25.1 Å². The third kappa shape index (κ3) is 2.24. The standard InChI is InChI=1S/C11H11N3O3S/c1-6-9(4-12)11(17-13-6)14-5-8(3-10(14)16)18-7(2)15/h8H,3,5H2,1-2H3. The maximum Gasteiger partial charge on any atom is 0.252 e. The van der Waals surface area contributed by atoms with E-state index in [1.165, 1.54) is 11.8 Å². The van der Waals surface area contributed by atoms with Crippen molar-refractivity contribution in [2.45, 2.75) is 25.5 Å². The normalized spacial score (nSPS) is 19.1. The molecule has 6 nitrogen and oxygen atoms in total. The summed E-state index contributed by atoms with van der Waals surface area (Å²) in [7, 11) is 0. The monoisotopic (exact) mass is 265 g/mol. The molecule has 0 radical (unpaired) electrons. The fourth-order valence-electron chi connectivity index (χ4n) is 1.86. The predicted molar refractivity (Wildman–Crippen MR) is 65.0 cm³/mol. The molecule has 0 aromatic carbocycles. The van der Waals surface area contributed by atoms with E-state index in [0.717, 1.165) is 11.8 Å². The Bertz CT molecular complexity index is 546. The SMILES string of the molecule is CC(=O)SC1CC(=O)N(c2onc(C)c2C#N)C1. The Kier molecular flexibility index (Phi) is 3.39. The highest BCUT2D eigenvalue weighted by Gasteiger charge is 2.35. The van der Waals surface area contributed by atoms with Crippen molar-refractivity contribution in [3.05, 3.63) is 11.3 Å². The fraction of sp³-hybridized carbons (Fsp3) is 0.455. The minimum Gasteiger partial charge on any atom is -0.336 e. The summed E-state index contributed by atoms with van der Waals surface area (Å²) in [4.78, 5) is 24.3. The first kappa shape index (κ1) is 12.6. The summed E-state index contributed by atoms with van der Waals surface area (Å²) in [5.74, 6) is 0.0352. The molecular formula is C11H11N3O3S. The van der Waals surface area contributed by atoms with Gasteiger partial charge in [0.2, 0.25) is 5.91 Å². The molecule has 7 heteroatoms. The van der Waals surface area contributed by atoms with Crippen LogP contribution in [-0.2, 0) is 9.59 Å². The maximum absolute atomic E-state index is 11.8. The van der Waals surface area contributed by atoms with Crippen LogP contribution in [0.1, 0.15) is 24.6 Å². The third-order valence-electron chi connectivity index (χ3n) is 2.62. The van der Waals surface area contributed by atoms with Crippen LogP contribution in [0.25, 0.3) is 0 Å². The summed E-state index contributed by atoms with van der Waals surface area (Å²) in [6, 6.07) is 1.97. The van der Waals surface area contributed by atoms with Crippen molar-refractivity contribution in [1.29, 1.82) is 5.26 Å². The summed E-state index contributed by atoms with van der Waals surface area (Å²) < 4.78 is 5.03. The van der Waals surface area contributed by atoms with E-state index in [0.29, 0.717) is 12.2 Å². The van der Waals surface area contributed by atoms with Crippen LogP contribution in [0.3, 0.4) is 0 Å². The molecule has 18 heavy (non-hydrogen) atoms. The summed E-state index contributed by atoms with van der Waals surface area (Å²) >= 11 is 1.14. The van der Waals surface area contributed by atoms with Crippen LogP contribution < -0.4 is 4.90 Å². The van der Waals surface area contributed by atoms with Crippen molar-refractivity contribution in [2.24, 2.45) is 0 Å². The third-order valence-corrected chi connectivity index (χ3v) is 3.60. The van der Waals surface area contributed by atoms with E-state index in [1.807, 2.05) is 6.07 Å². The van der Waals surface area contributed by atoms with Crippen LogP contribution in [0.2, 0.25) is 0 Å². The van der Waals surface area contributed by atoms with Gasteiger partial charge in [-0.3, -0.25) is 14.5 Å². The van der Waals surface area contributed by atoms with Gasteiger partial charge in [-0.1, -0.05) is 16.9 Å². The molecule has 2 rings (SSSR count). The second-order valence-electron chi connectivity index (χ2n) is 4.00. The number of rotatable bonds is 2. The van der Waals surface area contributed by atoms with Crippen LogP contribution in [0, 0.1) is 18.3 Å². The number of nitriles is 1. The molecule has 0 N–H and O–H groups in total. The molecule has 0 saturated carbocycles. The van der Waals surface area contributed by atoms with Gasteiger partial charge in [0.25, 0.3) is 5.88 Å². The molecule has 0 bridgehead atoms. The van der Waals surface area contributed by atoms with E-state index in [-0.39, 0.29) is 34.1 Å². The van der Waals surface area contributed by atoms with Gasteiger partial charge in [0.05, 0.1) is 0 Å². The Hall–Kier alpha value is -1.81. The number of hydrogen-bond acceptors (Lipinski definition) is 6. The van der Waals surface area contributed by atoms with E-state index in [4.69, 9.17) is 9.78 Å². The number of aryl methyl sites for hydroxylation is 1. The predicted octanol–water partition coefficient (Wildman–Crippen LogP) is 1.24. The molecule has 0 aliphatic carbocycles. The van der Waals surface area contributed by atoms with Gasteiger partial charge in [-0.25, -0.2) is 0 Å². The number of anilines is 1. The van der Waals surface area contributed by atoms with E-state index < -0.39 is 0 Å². The average Bonchev–Trinajstić information content (AvgIpc) is 2.81. The van der Waals surface area contributed by atoms with Crippen molar-refractivity contribution < 1.29 is 14.1 Å². The zero-order chi connectivity index (χ0) is 13.3. The van der Waals surface area contributed by atoms with Gasteiger partial charge in [-0.05, 0) is 6.92 Å². The lowest BCUT2D eigenvalue weighted by Crippen LogP contribution is -2.25. The fourth-order valence-corrected chi connectivity index (χ4v) is 2.77. The van der Waals surface area contributed by atoms with Gasteiger partial charge < -0.3 is 4.52 Å². The highest BCUT2D eigenvalue weighted by Crippen LogP contribution is 2.31. The molecule has 1 unspecified atom stereocenters. The van der Waals surface area contributed by atoms with E-state index in [1.54, 1.807) is 6.92 Å². The van der Waals surface area contributed by atoms with Crippen molar-refractivity contribution in [1.82, 2.24) is 5.16 Å². The smallest absolute Gasteiger partial charge is 0.252 e. The van der Waals surface area contributed by atoms with Crippen LogP contribution in [0.15, 0.2) is 4.52 Å². The molecule has 1 aliphatic heterocycles. The Morgan fingerprint density at radius 1 is 1.67 bits per heavy atom. The molecular weight excluding hydrogens is 254 g/mol. The molecule has 2 heterocycles. The lowest BCUT2D eigenvalue weighted by Gasteiger charge is -2.11. The highest BCUT2D eigenvalue weighted by molar-refractivity contribution is 8.14. The summed E-state index contributed by atoms with van der Waals surface area (Å²) in [6.45, 7) is 3.48. The Labute approximate surface area is 108 Å². The molecule has 1 fully saturated rings. The Balaban J connectivity index is 2.22. The first-order chi connectivity index (χ1) is 8.52. The molecule has 1 aromatic rings. The largest absolute Gasteiger partial charge is 0.336 e. The first-order valence-electron chi connectivity index (χ1n) is 5.37. The number of aromatic nitrogens is 1. The second kappa shape index (κ2) is 4.82. The number of hydrogen-bond donors (Lipinski definition) is 0. The van der Waals surface area contributed by atoms with Crippen LogP contribution >= 0.6 is 11.8 Å². The maximum atomic E-state index is 11.8. The zero-order valence-electron chi connectivity index (χ0n) is 9.97. The first-order valence-corrected chi connectivity index (χ1v) is 6.25. The summed E-state index contributed by atoms with van der Waals surface area (Å²) in [5, 5.41) is 12.6. The summed E-state index contributed by atoms with van der Waals surface area (Å²) in [6.07, 6.45) is 0.273.